The van der Waals surface area contributed by atoms with Crippen molar-refractivity contribution in [1.29, 1.82) is 0 Å². The minimum Gasteiger partial charge on any atom is -0.462 e. The normalized spacial score (nSPS) is 11.2. The maximum absolute atomic E-state index is 12.6. The predicted molar refractivity (Wildman–Crippen MR) is 120 cm³/mol. The number of carbonyl (C=O) groups is 2. The molecule has 1 aromatic heterocycles. The van der Waals surface area contributed by atoms with Crippen LogP contribution in [0.3, 0.4) is 0 Å². The maximum Gasteiger partial charge on any atom is 0.341 e. The Balaban J connectivity index is 2.13. The number of carbonyl (C=O) groups excluding carboxylic acids is 2. The van der Waals surface area contributed by atoms with Gasteiger partial charge in [-0.15, -0.1) is 0 Å². The summed E-state index contributed by atoms with van der Waals surface area (Å²) in [5, 5.41) is 6.63. The van der Waals surface area contributed by atoms with Crippen LogP contribution < -0.4 is 10.6 Å². The van der Waals surface area contributed by atoms with E-state index in [1.165, 1.54) is 11.8 Å². The minimum atomic E-state index is -0.467. The summed E-state index contributed by atoms with van der Waals surface area (Å²) in [4.78, 5) is 29.1. The van der Waals surface area contributed by atoms with Crippen LogP contribution in [0.25, 0.3) is 10.9 Å². The van der Waals surface area contributed by atoms with E-state index >= 15 is 0 Å². The summed E-state index contributed by atoms with van der Waals surface area (Å²) in [5.41, 5.74) is 4.11. The molecule has 0 saturated carbocycles. The fraction of sp³-hybridized carbons (Fsp3) is 0.292. The number of hydrogen-bond acceptors (Lipinski definition) is 5. The first-order valence-electron chi connectivity index (χ1n) is 9.94. The predicted octanol–water partition coefficient (Wildman–Crippen LogP) is 4.81. The number of amides is 1. The zero-order chi connectivity index (χ0) is 21.9. The molecule has 0 unspecified atom stereocenters. The van der Waals surface area contributed by atoms with E-state index < -0.39 is 5.97 Å². The highest BCUT2D eigenvalue weighted by molar-refractivity contribution is 6.08. The molecular formula is C24H27N3O3. The van der Waals surface area contributed by atoms with Gasteiger partial charge in [0.2, 0.25) is 0 Å². The zero-order valence-corrected chi connectivity index (χ0v) is 18.0. The molecule has 6 heteroatoms. The molecule has 1 heterocycles. The zero-order valence-electron chi connectivity index (χ0n) is 18.0. The smallest absolute Gasteiger partial charge is 0.341 e. The third-order valence-electron chi connectivity index (χ3n) is 4.87. The first-order chi connectivity index (χ1) is 14.2. The lowest BCUT2D eigenvalue weighted by molar-refractivity contribution is 0.0527. The van der Waals surface area contributed by atoms with Crippen molar-refractivity contribution >= 4 is 34.2 Å². The van der Waals surface area contributed by atoms with Gasteiger partial charge in [-0.25, -0.2) is 4.79 Å². The molecule has 3 rings (SSSR count). The van der Waals surface area contributed by atoms with Crippen molar-refractivity contribution in [1.82, 2.24) is 10.3 Å². The summed E-state index contributed by atoms with van der Waals surface area (Å²) in [6.45, 7) is 8.49. The number of ether oxygens (including phenoxy) is 1. The number of nitrogens with zero attached hydrogens (tertiary/aromatic N) is 1. The first kappa shape index (κ1) is 21.3. The largest absolute Gasteiger partial charge is 0.462 e. The fourth-order valence-corrected chi connectivity index (χ4v) is 3.17. The molecule has 0 aliphatic heterocycles. The molecule has 0 atom stereocenters. The number of esters is 1. The second-order valence-electron chi connectivity index (χ2n) is 8.03. The average Bonchev–Trinajstić information content (AvgIpc) is 2.73. The van der Waals surface area contributed by atoms with E-state index in [-0.39, 0.29) is 17.9 Å². The molecule has 1 amide bonds. The number of nitrogens with one attached hydrogen (secondary N) is 2. The number of aromatic nitrogens is 1. The Labute approximate surface area is 176 Å². The Hall–Kier alpha value is -3.41. The fourth-order valence-electron chi connectivity index (χ4n) is 3.17. The molecule has 2 aromatic carbocycles. The van der Waals surface area contributed by atoms with Crippen molar-refractivity contribution in [3.8, 4) is 0 Å². The van der Waals surface area contributed by atoms with E-state index in [0.717, 1.165) is 5.69 Å². The highest BCUT2D eigenvalue weighted by atomic mass is 16.5. The van der Waals surface area contributed by atoms with E-state index in [2.05, 4.69) is 48.5 Å². The highest BCUT2D eigenvalue weighted by Gasteiger charge is 2.19. The standard InChI is InChI=1S/C24H27N3O3/c1-6-30-23(29)19-14-26-20-12-7-15(22(28)25-5)13-18(20)21(19)27-17-10-8-16(9-11-17)24(2,3)4/h7-14H,6H2,1-5H3,(H,25,28)(H,26,27). The lowest BCUT2D eigenvalue weighted by Crippen LogP contribution is -2.17. The van der Waals surface area contributed by atoms with Crippen LogP contribution in [0.2, 0.25) is 0 Å². The van der Waals surface area contributed by atoms with Gasteiger partial charge in [0.15, 0.2) is 0 Å². The van der Waals surface area contributed by atoms with E-state index in [1.54, 1.807) is 32.2 Å². The summed E-state index contributed by atoms with van der Waals surface area (Å²) in [6, 6.07) is 13.3. The van der Waals surface area contributed by atoms with Gasteiger partial charge in [0.05, 0.1) is 17.8 Å². The van der Waals surface area contributed by atoms with Crippen molar-refractivity contribution in [3.63, 3.8) is 0 Å². The van der Waals surface area contributed by atoms with Crippen LogP contribution in [0.1, 0.15) is 54.0 Å². The molecule has 2 N–H and O–H groups in total. The molecular weight excluding hydrogens is 378 g/mol. The summed E-state index contributed by atoms with van der Waals surface area (Å²) in [7, 11) is 1.58. The van der Waals surface area contributed by atoms with Crippen LogP contribution in [0.15, 0.2) is 48.7 Å². The van der Waals surface area contributed by atoms with E-state index in [9.17, 15) is 9.59 Å². The van der Waals surface area contributed by atoms with Gasteiger partial charge in [-0.1, -0.05) is 32.9 Å². The van der Waals surface area contributed by atoms with Gasteiger partial charge >= 0.3 is 5.97 Å². The number of anilines is 2. The van der Waals surface area contributed by atoms with E-state index in [4.69, 9.17) is 4.74 Å². The van der Waals surface area contributed by atoms with Crippen molar-refractivity contribution in [2.45, 2.75) is 33.1 Å². The molecule has 156 valence electrons. The van der Waals surface area contributed by atoms with Crippen LogP contribution in [0.4, 0.5) is 11.4 Å². The lowest BCUT2D eigenvalue weighted by atomic mass is 9.87. The Morgan fingerprint density at radius 1 is 1.07 bits per heavy atom. The van der Waals surface area contributed by atoms with Gasteiger partial charge in [0.25, 0.3) is 5.91 Å². The van der Waals surface area contributed by atoms with Gasteiger partial charge in [0, 0.05) is 29.9 Å². The van der Waals surface area contributed by atoms with Crippen molar-refractivity contribution < 1.29 is 14.3 Å². The van der Waals surface area contributed by atoms with Crippen LogP contribution >= 0.6 is 0 Å². The van der Waals surface area contributed by atoms with Gasteiger partial charge in [-0.05, 0) is 48.2 Å². The monoisotopic (exact) mass is 405 g/mol. The van der Waals surface area contributed by atoms with Crippen molar-refractivity contribution in [3.05, 3.63) is 65.4 Å². The Kier molecular flexibility index (Phi) is 6.06. The minimum absolute atomic E-state index is 0.0421. The molecule has 0 spiro atoms. The summed E-state index contributed by atoms with van der Waals surface area (Å²) >= 11 is 0. The Bertz CT molecular complexity index is 1080. The molecule has 0 radical (unpaired) electrons. The number of pyridine rings is 1. The average molecular weight is 405 g/mol. The topological polar surface area (TPSA) is 80.3 Å². The number of fused-ring (bicyclic) bond motifs is 1. The van der Waals surface area contributed by atoms with Gasteiger partial charge < -0.3 is 15.4 Å². The third kappa shape index (κ3) is 4.43. The van der Waals surface area contributed by atoms with Crippen molar-refractivity contribution in [2.24, 2.45) is 0 Å². The molecule has 0 saturated heterocycles. The molecule has 0 aliphatic carbocycles. The Morgan fingerprint density at radius 2 is 1.77 bits per heavy atom. The molecule has 30 heavy (non-hydrogen) atoms. The molecule has 0 bridgehead atoms. The number of hydrogen-bond donors (Lipinski definition) is 2. The second-order valence-corrected chi connectivity index (χ2v) is 8.03. The van der Waals surface area contributed by atoms with E-state index in [1.807, 2.05) is 12.1 Å². The molecule has 0 fully saturated rings. The lowest BCUT2D eigenvalue weighted by Gasteiger charge is -2.20. The summed E-state index contributed by atoms with van der Waals surface area (Å²) in [5.74, 6) is -0.676. The van der Waals surface area contributed by atoms with Crippen molar-refractivity contribution in [2.75, 3.05) is 19.0 Å². The van der Waals surface area contributed by atoms with Crippen LogP contribution in [0.5, 0.6) is 0 Å². The maximum atomic E-state index is 12.6. The van der Waals surface area contributed by atoms with E-state index in [0.29, 0.717) is 27.7 Å². The number of benzene rings is 2. The molecule has 0 aliphatic rings. The third-order valence-corrected chi connectivity index (χ3v) is 4.87. The van der Waals surface area contributed by atoms with Crippen LogP contribution in [0, 0.1) is 0 Å². The second kappa shape index (κ2) is 8.53. The SMILES string of the molecule is CCOC(=O)c1cnc2ccc(C(=O)NC)cc2c1Nc1ccc(C(C)(C)C)cc1. The quantitative estimate of drug-likeness (QED) is 0.595. The molecule has 6 nitrogen and oxygen atoms in total. The van der Waals surface area contributed by atoms with Crippen LogP contribution in [-0.4, -0.2) is 30.5 Å². The van der Waals surface area contributed by atoms with Crippen LogP contribution in [-0.2, 0) is 10.2 Å². The van der Waals surface area contributed by atoms with Gasteiger partial charge in [-0.2, -0.15) is 0 Å². The highest BCUT2D eigenvalue weighted by Crippen LogP contribution is 2.31. The Morgan fingerprint density at radius 3 is 2.37 bits per heavy atom. The van der Waals surface area contributed by atoms with Gasteiger partial charge in [0.1, 0.15) is 5.56 Å². The summed E-state index contributed by atoms with van der Waals surface area (Å²) < 4.78 is 5.22. The number of rotatable bonds is 5. The molecule has 3 aromatic rings. The first-order valence-corrected chi connectivity index (χ1v) is 9.94. The summed E-state index contributed by atoms with van der Waals surface area (Å²) in [6.07, 6.45) is 1.51. The van der Waals surface area contributed by atoms with Gasteiger partial charge in [-0.3, -0.25) is 9.78 Å².